The summed E-state index contributed by atoms with van der Waals surface area (Å²) >= 11 is 6.10. The second-order valence-corrected chi connectivity index (χ2v) is 11.6. The Hall–Kier alpha value is -4.49. The lowest BCUT2D eigenvalue weighted by molar-refractivity contribution is -0.182. The molecule has 5 rings (SSSR count). The van der Waals surface area contributed by atoms with Gasteiger partial charge < -0.3 is 10.6 Å². The number of nitriles is 2. The second kappa shape index (κ2) is 11.0. The normalized spacial score (nSPS) is 15.0. The SMILES string of the molecule is Cc1nc(F)ccc1C(Nc1cc(C#N)c2ncc(C#N)c(NCC(C)(C)CCl)c2c1)c1cn(C2(C(F)(F)F)CC2)nn1. The molecule has 3 heterocycles. The van der Waals surface area contributed by atoms with Crippen LogP contribution in [0.3, 0.4) is 0 Å². The first-order valence-electron chi connectivity index (χ1n) is 13.3. The number of rotatable bonds is 9. The number of aromatic nitrogens is 5. The van der Waals surface area contributed by atoms with Gasteiger partial charge in [-0.1, -0.05) is 25.1 Å². The van der Waals surface area contributed by atoms with Crippen LogP contribution in [0.2, 0.25) is 0 Å². The third-order valence-electron chi connectivity index (χ3n) is 7.53. The smallest absolute Gasteiger partial charge is 0.383 e. The zero-order valence-electron chi connectivity index (χ0n) is 23.4. The molecule has 3 aromatic heterocycles. The number of pyridine rings is 2. The van der Waals surface area contributed by atoms with Gasteiger partial charge in [-0.15, -0.1) is 16.7 Å². The molecule has 2 N–H and O–H groups in total. The molecule has 14 heteroatoms. The molecule has 9 nitrogen and oxygen atoms in total. The molecule has 1 unspecified atom stereocenters. The number of hydrogen-bond donors (Lipinski definition) is 2. The van der Waals surface area contributed by atoms with Crippen LogP contribution in [0, 0.1) is 40.9 Å². The molecule has 1 fully saturated rings. The van der Waals surface area contributed by atoms with Gasteiger partial charge in [0.05, 0.1) is 34.6 Å². The number of fused-ring (bicyclic) bond motifs is 1. The second-order valence-electron chi connectivity index (χ2n) is 11.3. The van der Waals surface area contributed by atoms with Crippen molar-refractivity contribution in [1.29, 1.82) is 10.5 Å². The summed E-state index contributed by atoms with van der Waals surface area (Å²) in [5.41, 5.74) is 0.0318. The van der Waals surface area contributed by atoms with E-state index in [1.807, 2.05) is 13.8 Å². The van der Waals surface area contributed by atoms with Gasteiger partial charge in [0.25, 0.3) is 0 Å². The van der Waals surface area contributed by atoms with Crippen LogP contribution < -0.4 is 10.6 Å². The molecule has 0 spiro atoms. The molecule has 222 valence electrons. The summed E-state index contributed by atoms with van der Waals surface area (Å²) in [6.07, 6.45) is -2.13. The molecule has 0 amide bonds. The van der Waals surface area contributed by atoms with Gasteiger partial charge in [0.1, 0.15) is 17.8 Å². The first-order valence-corrected chi connectivity index (χ1v) is 13.8. The molecule has 1 saturated carbocycles. The largest absolute Gasteiger partial charge is 0.413 e. The minimum atomic E-state index is -4.51. The van der Waals surface area contributed by atoms with Crippen LogP contribution >= 0.6 is 11.6 Å². The lowest BCUT2D eigenvalue weighted by Crippen LogP contribution is -2.35. The minimum Gasteiger partial charge on any atom is -0.383 e. The zero-order valence-corrected chi connectivity index (χ0v) is 24.1. The molecular formula is C29H26ClF4N9. The predicted molar refractivity (Wildman–Crippen MR) is 152 cm³/mol. The Morgan fingerprint density at radius 2 is 1.86 bits per heavy atom. The zero-order chi connectivity index (χ0) is 31.2. The Bertz CT molecular complexity index is 1780. The third kappa shape index (κ3) is 5.65. The van der Waals surface area contributed by atoms with E-state index >= 15 is 0 Å². The quantitative estimate of drug-likeness (QED) is 0.127. The van der Waals surface area contributed by atoms with E-state index in [0.717, 1.165) is 10.7 Å². The monoisotopic (exact) mass is 611 g/mol. The minimum absolute atomic E-state index is 0.116. The van der Waals surface area contributed by atoms with Gasteiger partial charge in [0.2, 0.25) is 5.95 Å². The van der Waals surface area contributed by atoms with Gasteiger partial charge in [-0.25, -0.2) is 9.67 Å². The molecule has 0 bridgehead atoms. The third-order valence-corrected chi connectivity index (χ3v) is 8.25. The molecule has 1 aliphatic rings. The highest BCUT2D eigenvalue weighted by Gasteiger charge is 2.66. The Kier molecular flexibility index (Phi) is 7.65. The van der Waals surface area contributed by atoms with Crippen molar-refractivity contribution in [2.24, 2.45) is 5.41 Å². The number of halogens is 5. The molecule has 1 aliphatic carbocycles. The summed E-state index contributed by atoms with van der Waals surface area (Å²) in [7, 11) is 0. The molecule has 0 aliphatic heterocycles. The van der Waals surface area contributed by atoms with Crippen molar-refractivity contribution in [3.63, 3.8) is 0 Å². The van der Waals surface area contributed by atoms with E-state index in [4.69, 9.17) is 11.6 Å². The van der Waals surface area contributed by atoms with Gasteiger partial charge in [-0.3, -0.25) is 4.98 Å². The molecule has 0 radical (unpaired) electrons. The summed E-state index contributed by atoms with van der Waals surface area (Å²) < 4.78 is 56.3. The van der Waals surface area contributed by atoms with Gasteiger partial charge in [0.15, 0.2) is 5.54 Å². The van der Waals surface area contributed by atoms with Crippen LogP contribution in [0.1, 0.15) is 60.8 Å². The van der Waals surface area contributed by atoms with Crippen LogP contribution in [0.25, 0.3) is 10.9 Å². The first kappa shape index (κ1) is 30.0. The van der Waals surface area contributed by atoms with E-state index in [1.165, 1.54) is 24.5 Å². The Labute approximate surface area is 249 Å². The molecular weight excluding hydrogens is 586 g/mol. The van der Waals surface area contributed by atoms with Crippen molar-refractivity contribution < 1.29 is 17.6 Å². The van der Waals surface area contributed by atoms with Gasteiger partial charge in [-0.05, 0) is 43.4 Å². The highest BCUT2D eigenvalue weighted by molar-refractivity contribution is 6.18. The van der Waals surface area contributed by atoms with E-state index in [2.05, 4.69) is 43.1 Å². The molecule has 1 aromatic carbocycles. The summed E-state index contributed by atoms with van der Waals surface area (Å²) in [6.45, 7) is 5.90. The van der Waals surface area contributed by atoms with Gasteiger partial charge >= 0.3 is 6.18 Å². The van der Waals surface area contributed by atoms with Crippen molar-refractivity contribution in [2.75, 3.05) is 23.1 Å². The number of nitrogens with one attached hydrogen (secondary N) is 2. The average Bonchev–Trinajstić information content (AvgIpc) is 3.65. The maximum Gasteiger partial charge on any atom is 0.413 e. The Morgan fingerprint density at radius 3 is 2.47 bits per heavy atom. The maximum atomic E-state index is 13.9. The number of benzene rings is 1. The fourth-order valence-electron chi connectivity index (χ4n) is 4.82. The topological polar surface area (TPSA) is 128 Å². The lowest BCUT2D eigenvalue weighted by atomic mass is 9.95. The molecule has 1 atom stereocenters. The van der Waals surface area contributed by atoms with Crippen molar-refractivity contribution in [1.82, 2.24) is 25.0 Å². The predicted octanol–water partition coefficient (Wildman–Crippen LogP) is 6.34. The highest BCUT2D eigenvalue weighted by Crippen LogP contribution is 2.55. The summed E-state index contributed by atoms with van der Waals surface area (Å²) in [5.74, 6) is -0.370. The van der Waals surface area contributed by atoms with Gasteiger partial charge in [0, 0.05) is 41.0 Å². The maximum absolute atomic E-state index is 13.9. The van der Waals surface area contributed by atoms with Crippen molar-refractivity contribution >= 4 is 33.9 Å². The standard InChI is InChI=1S/C29H26ClF4N9/c1-16-20(4-5-23(31)39-16)26(22-13-43(42-41-22)28(6-7-28)29(32,33)34)40-19-8-17(10-35)24-21(9-19)25(18(11-36)12-37-24)38-15-27(2,3)14-30/h4-5,8-9,12-13,26,40H,6-7,14-15H2,1-3H3,(H,37,38). The molecule has 0 saturated heterocycles. The van der Waals surface area contributed by atoms with E-state index < -0.39 is 23.7 Å². The fraction of sp³-hybridized carbons (Fsp3) is 0.379. The summed E-state index contributed by atoms with van der Waals surface area (Å²) in [5, 5.41) is 34.7. The van der Waals surface area contributed by atoms with Crippen LogP contribution in [0.5, 0.6) is 0 Å². The van der Waals surface area contributed by atoms with E-state index in [1.54, 1.807) is 13.0 Å². The highest BCUT2D eigenvalue weighted by atomic mass is 35.5. The van der Waals surface area contributed by atoms with Crippen LogP contribution in [-0.4, -0.2) is 43.6 Å². The van der Waals surface area contributed by atoms with Crippen molar-refractivity contribution in [3.8, 4) is 12.1 Å². The first-order chi connectivity index (χ1) is 20.3. The van der Waals surface area contributed by atoms with Crippen LogP contribution in [0.4, 0.5) is 28.9 Å². The van der Waals surface area contributed by atoms with E-state index in [9.17, 15) is 28.1 Å². The Morgan fingerprint density at radius 1 is 1.14 bits per heavy atom. The van der Waals surface area contributed by atoms with Crippen LogP contribution in [0.15, 0.2) is 36.7 Å². The molecule has 4 aromatic rings. The number of aryl methyl sites for hydroxylation is 1. The lowest BCUT2D eigenvalue weighted by Gasteiger charge is -2.24. The van der Waals surface area contributed by atoms with Gasteiger partial charge in [-0.2, -0.15) is 28.1 Å². The number of alkyl halides is 4. The Balaban J connectivity index is 1.63. The number of hydrogen-bond acceptors (Lipinski definition) is 8. The number of nitrogens with zero attached hydrogens (tertiary/aromatic N) is 7. The average molecular weight is 612 g/mol. The fourth-order valence-corrected chi connectivity index (χ4v) is 4.92. The summed E-state index contributed by atoms with van der Waals surface area (Å²) in [6, 6.07) is 9.15. The number of anilines is 2. The van der Waals surface area contributed by atoms with Crippen molar-refractivity contribution in [3.05, 3.63) is 70.7 Å². The molecule has 43 heavy (non-hydrogen) atoms. The van der Waals surface area contributed by atoms with E-state index in [0.29, 0.717) is 40.3 Å². The van der Waals surface area contributed by atoms with Crippen LogP contribution in [-0.2, 0) is 5.54 Å². The van der Waals surface area contributed by atoms with Crippen molar-refractivity contribution in [2.45, 2.75) is 51.4 Å². The summed E-state index contributed by atoms with van der Waals surface area (Å²) in [4.78, 5) is 8.23. The van der Waals surface area contributed by atoms with E-state index in [-0.39, 0.29) is 40.8 Å².